The molecule has 0 aromatic heterocycles. The summed E-state index contributed by atoms with van der Waals surface area (Å²) >= 11 is 0. The highest BCUT2D eigenvalue weighted by molar-refractivity contribution is 6.05. The van der Waals surface area contributed by atoms with Gasteiger partial charge < -0.3 is 10.6 Å². The second kappa shape index (κ2) is 4.65. The minimum Gasteiger partial charge on any atom is -0.362 e. The zero-order chi connectivity index (χ0) is 14.6. The molecule has 2 unspecified atom stereocenters. The van der Waals surface area contributed by atoms with Crippen molar-refractivity contribution in [1.29, 1.82) is 0 Å². The minimum absolute atomic E-state index is 0.0893. The molecule has 2 aromatic carbocycles. The Bertz CT molecular complexity index is 678. The van der Waals surface area contributed by atoms with Gasteiger partial charge >= 0.3 is 0 Å². The molecule has 2 N–H and O–H groups in total. The molecule has 0 bridgehead atoms. The molecule has 2 nitrogen and oxygen atoms in total. The van der Waals surface area contributed by atoms with E-state index in [0.29, 0.717) is 0 Å². The Hall–Kier alpha value is -1.70. The summed E-state index contributed by atoms with van der Waals surface area (Å²) in [6.07, 6.45) is 9.67. The van der Waals surface area contributed by atoms with E-state index in [1.807, 2.05) is 0 Å². The quantitative estimate of drug-likeness (QED) is 0.682. The zero-order valence-electron chi connectivity index (χ0n) is 13.1. The van der Waals surface area contributed by atoms with Crippen LogP contribution in [0.4, 0.5) is 11.4 Å². The van der Waals surface area contributed by atoms with Gasteiger partial charge in [0.1, 0.15) is 5.66 Å². The standard InChI is InChI=1S/C20H24N2/c1-2-10-16-14(6-1)9-5-13-20(16)21-17-11-3-7-15-8-4-12-18(22-20)19(15)17/h3-4,7-8,11-12,14,16,21-22H,1-2,5-6,9-10,13H2. The van der Waals surface area contributed by atoms with Crippen LogP contribution in [0.3, 0.4) is 0 Å². The maximum absolute atomic E-state index is 3.96. The molecule has 2 atom stereocenters. The van der Waals surface area contributed by atoms with Crippen LogP contribution in [0.25, 0.3) is 10.8 Å². The summed E-state index contributed by atoms with van der Waals surface area (Å²) in [5.41, 5.74) is 2.75. The molecule has 22 heavy (non-hydrogen) atoms. The van der Waals surface area contributed by atoms with Crippen molar-refractivity contribution >= 4 is 22.1 Å². The molecule has 0 radical (unpaired) electrons. The van der Waals surface area contributed by atoms with Gasteiger partial charge in [0.25, 0.3) is 0 Å². The van der Waals surface area contributed by atoms with Crippen LogP contribution in [-0.4, -0.2) is 5.66 Å². The molecule has 5 rings (SSSR count). The van der Waals surface area contributed by atoms with Gasteiger partial charge in [-0.1, -0.05) is 43.5 Å². The molecule has 2 heteroatoms. The third-order valence-electron chi connectivity index (χ3n) is 6.31. The van der Waals surface area contributed by atoms with Gasteiger partial charge in [0.2, 0.25) is 0 Å². The smallest absolute Gasteiger partial charge is 0.111 e. The second-order valence-electron chi connectivity index (χ2n) is 7.47. The van der Waals surface area contributed by atoms with Gasteiger partial charge in [-0.3, -0.25) is 0 Å². The van der Waals surface area contributed by atoms with Crippen LogP contribution >= 0.6 is 0 Å². The van der Waals surface area contributed by atoms with E-state index in [1.165, 1.54) is 67.1 Å². The average Bonchev–Trinajstić information content (AvgIpc) is 2.56. The van der Waals surface area contributed by atoms with Crippen molar-refractivity contribution in [2.24, 2.45) is 11.8 Å². The van der Waals surface area contributed by atoms with E-state index < -0.39 is 0 Å². The van der Waals surface area contributed by atoms with Crippen LogP contribution in [0.5, 0.6) is 0 Å². The predicted molar refractivity (Wildman–Crippen MR) is 93.2 cm³/mol. The predicted octanol–water partition coefficient (Wildman–Crippen LogP) is 5.36. The van der Waals surface area contributed by atoms with Crippen LogP contribution < -0.4 is 10.6 Å². The largest absolute Gasteiger partial charge is 0.362 e. The van der Waals surface area contributed by atoms with Crippen LogP contribution in [0.2, 0.25) is 0 Å². The number of nitrogens with one attached hydrogen (secondary N) is 2. The normalized spacial score (nSPS) is 28.7. The third kappa shape index (κ3) is 1.73. The maximum Gasteiger partial charge on any atom is 0.111 e. The monoisotopic (exact) mass is 292 g/mol. The van der Waals surface area contributed by atoms with Gasteiger partial charge in [-0.05, 0) is 49.1 Å². The SMILES string of the molecule is c1cc2c3c(cccc3c1)NC1(CCCC3CCCCC31)N2. The average molecular weight is 292 g/mol. The molecule has 0 amide bonds. The molecule has 2 saturated carbocycles. The van der Waals surface area contributed by atoms with Crippen molar-refractivity contribution in [3.8, 4) is 0 Å². The fourth-order valence-electron chi connectivity index (χ4n) is 5.40. The maximum atomic E-state index is 3.96. The summed E-state index contributed by atoms with van der Waals surface area (Å²) in [6, 6.07) is 13.3. The highest BCUT2D eigenvalue weighted by atomic mass is 15.2. The van der Waals surface area contributed by atoms with Gasteiger partial charge in [0.05, 0.1) is 0 Å². The summed E-state index contributed by atoms with van der Waals surface area (Å²) < 4.78 is 0. The lowest BCUT2D eigenvalue weighted by atomic mass is 9.64. The first kappa shape index (κ1) is 12.8. The van der Waals surface area contributed by atoms with Gasteiger partial charge in [-0.15, -0.1) is 0 Å². The van der Waals surface area contributed by atoms with Crippen LogP contribution in [0.15, 0.2) is 36.4 Å². The molecular weight excluding hydrogens is 268 g/mol. The number of benzene rings is 2. The molecule has 2 aliphatic carbocycles. The Balaban J connectivity index is 1.63. The Labute approximate surface area is 132 Å². The van der Waals surface area contributed by atoms with Crippen LogP contribution in [-0.2, 0) is 0 Å². The first-order valence-corrected chi connectivity index (χ1v) is 8.94. The minimum atomic E-state index is 0.0893. The summed E-state index contributed by atoms with van der Waals surface area (Å²) in [5.74, 6) is 1.69. The topological polar surface area (TPSA) is 24.1 Å². The lowest BCUT2D eigenvalue weighted by Crippen LogP contribution is -2.58. The Morgan fingerprint density at radius 2 is 1.50 bits per heavy atom. The van der Waals surface area contributed by atoms with Gasteiger partial charge in [0, 0.05) is 22.7 Å². The van der Waals surface area contributed by atoms with Gasteiger partial charge in [0.15, 0.2) is 0 Å². The van der Waals surface area contributed by atoms with E-state index in [-0.39, 0.29) is 5.66 Å². The van der Waals surface area contributed by atoms with E-state index in [1.54, 1.807) is 0 Å². The Morgan fingerprint density at radius 3 is 2.27 bits per heavy atom. The first-order chi connectivity index (χ1) is 10.9. The van der Waals surface area contributed by atoms with Gasteiger partial charge in [-0.2, -0.15) is 0 Å². The van der Waals surface area contributed by atoms with Crippen molar-refractivity contribution in [3.05, 3.63) is 36.4 Å². The van der Waals surface area contributed by atoms with Crippen LogP contribution in [0.1, 0.15) is 44.9 Å². The van der Waals surface area contributed by atoms with E-state index >= 15 is 0 Å². The zero-order valence-corrected chi connectivity index (χ0v) is 13.1. The number of anilines is 2. The van der Waals surface area contributed by atoms with Gasteiger partial charge in [-0.25, -0.2) is 0 Å². The second-order valence-corrected chi connectivity index (χ2v) is 7.47. The molecule has 1 heterocycles. The van der Waals surface area contributed by atoms with E-state index in [0.717, 1.165) is 11.8 Å². The molecule has 2 fully saturated rings. The Morgan fingerprint density at radius 1 is 0.818 bits per heavy atom. The van der Waals surface area contributed by atoms with E-state index in [9.17, 15) is 0 Å². The summed E-state index contributed by atoms with van der Waals surface area (Å²) in [7, 11) is 0. The van der Waals surface area contributed by atoms with Crippen molar-refractivity contribution in [2.75, 3.05) is 10.6 Å². The van der Waals surface area contributed by atoms with E-state index in [4.69, 9.17) is 0 Å². The molecule has 1 aliphatic heterocycles. The lowest BCUT2D eigenvalue weighted by Gasteiger charge is -2.53. The number of rotatable bonds is 0. The van der Waals surface area contributed by atoms with Crippen molar-refractivity contribution in [3.63, 3.8) is 0 Å². The summed E-state index contributed by atoms with van der Waals surface area (Å²) in [4.78, 5) is 0. The number of hydrogen-bond acceptors (Lipinski definition) is 2. The Kier molecular flexibility index (Phi) is 2.70. The molecule has 2 aromatic rings. The third-order valence-corrected chi connectivity index (χ3v) is 6.31. The molecule has 0 saturated heterocycles. The molecule has 3 aliphatic rings. The fraction of sp³-hybridized carbons (Fsp3) is 0.500. The van der Waals surface area contributed by atoms with Crippen molar-refractivity contribution in [2.45, 2.75) is 50.6 Å². The molecule has 1 spiro atoms. The summed E-state index contributed by atoms with van der Waals surface area (Å²) in [5, 5.41) is 10.6. The van der Waals surface area contributed by atoms with E-state index in [2.05, 4.69) is 47.0 Å². The van der Waals surface area contributed by atoms with Crippen molar-refractivity contribution in [1.82, 2.24) is 0 Å². The number of hydrogen-bond donors (Lipinski definition) is 2. The fourth-order valence-corrected chi connectivity index (χ4v) is 5.40. The van der Waals surface area contributed by atoms with Crippen LogP contribution in [0, 0.1) is 11.8 Å². The summed E-state index contributed by atoms with van der Waals surface area (Å²) in [6.45, 7) is 0. The first-order valence-electron chi connectivity index (χ1n) is 8.94. The molecular formula is C20H24N2. The molecule has 114 valence electrons. The lowest BCUT2D eigenvalue weighted by molar-refractivity contribution is 0.106. The number of fused-ring (bicyclic) bond motifs is 2. The highest BCUT2D eigenvalue weighted by Crippen LogP contribution is 2.50. The van der Waals surface area contributed by atoms with Crippen molar-refractivity contribution < 1.29 is 0 Å². The highest BCUT2D eigenvalue weighted by Gasteiger charge is 2.48.